The van der Waals surface area contributed by atoms with E-state index < -0.39 is 13.2 Å². The van der Waals surface area contributed by atoms with E-state index in [1.807, 2.05) is 36.4 Å². The maximum atomic E-state index is 12.0. The maximum Gasteiger partial charge on any atom is 0.296 e. The molecular weight excluding hydrogens is 484 g/mol. The summed E-state index contributed by atoms with van der Waals surface area (Å²) in [5, 5.41) is 17.5. The van der Waals surface area contributed by atoms with E-state index in [-0.39, 0.29) is 28.1 Å². The van der Waals surface area contributed by atoms with Gasteiger partial charge in [-0.15, -0.1) is 0 Å². The summed E-state index contributed by atoms with van der Waals surface area (Å²) >= 11 is 0. The van der Waals surface area contributed by atoms with E-state index in [4.69, 9.17) is 9.16 Å². The van der Waals surface area contributed by atoms with E-state index in [1.165, 1.54) is 23.4 Å². The van der Waals surface area contributed by atoms with Gasteiger partial charge in [0.1, 0.15) is 5.75 Å². The molecule has 4 rings (SSSR count). The van der Waals surface area contributed by atoms with Crippen molar-refractivity contribution in [2.75, 3.05) is 18.5 Å². The summed E-state index contributed by atoms with van der Waals surface area (Å²) in [4.78, 5) is 23.5. The molecule has 0 saturated carbocycles. The molecule has 194 valence electrons. The van der Waals surface area contributed by atoms with Gasteiger partial charge in [-0.05, 0) is 41.2 Å². The fraction of sp³-hybridized carbons (Fsp3) is 0.345. The first kappa shape index (κ1) is 26.6. The minimum atomic E-state index is -2.76. The van der Waals surface area contributed by atoms with E-state index in [9.17, 15) is 14.9 Å². The molecule has 1 N–H and O–H groups in total. The molecule has 8 heteroatoms. The molecule has 0 amide bonds. The lowest BCUT2D eigenvalue weighted by molar-refractivity contribution is -0.384. The van der Waals surface area contributed by atoms with Crippen molar-refractivity contribution in [2.45, 2.75) is 51.6 Å². The Kier molecular flexibility index (Phi) is 7.80. The first-order valence-electron chi connectivity index (χ1n) is 12.6. The number of nitro groups is 1. The van der Waals surface area contributed by atoms with Crippen molar-refractivity contribution >= 4 is 35.8 Å². The van der Waals surface area contributed by atoms with Gasteiger partial charge in [0, 0.05) is 17.7 Å². The van der Waals surface area contributed by atoms with Crippen molar-refractivity contribution < 1.29 is 18.9 Å². The van der Waals surface area contributed by atoms with Gasteiger partial charge >= 0.3 is 0 Å². The lowest BCUT2D eigenvalue weighted by Crippen LogP contribution is -2.67. The van der Waals surface area contributed by atoms with Gasteiger partial charge < -0.3 is 14.5 Å². The van der Waals surface area contributed by atoms with Crippen molar-refractivity contribution in [3.63, 3.8) is 0 Å². The van der Waals surface area contributed by atoms with Gasteiger partial charge in [0.25, 0.3) is 14.0 Å². The molecule has 1 aliphatic heterocycles. The van der Waals surface area contributed by atoms with Crippen LogP contribution in [0.25, 0.3) is 0 Å². The molecular formula is C29H34N2O5Si. The Labute approximate surface area is 219 Å². The van der Waals surface area contributed by atoms with Gasteiger partial charge in [-0.2, -0.15) is 0 Å². The van der Waals surface area contributed by atoms with Crippen LogP contribution in [0, 0.1) is 10.1 Å². The first-order valence-corrected chi connectivity index (χ1v) is 14.5. The number of ketones is 1. The SMILES string of the molecule is CC(=O)c1cc2c(c([N+](=O)[O-])c1)NC(CO[Si](c1ccccc1)(c1ccccc1)C(C)(C)C)CCCO2. The lowest BCUT2D eigenvalue weighted by Gasteiger charge is -2.44. The predicted octanol–water partition coefficient (Wildman–Crippen LogP) is 5.33. The third kappa shape index (κ3) is 5.45. The van der Waals surface area contributed by atoms with Gasteiger partial charge in [0.05, 0.1) is 18.1 Å². The summed E-state index contributed by atoms with van der Waals surface area (Å²) in [5.74, 6) is 0.0812. The van der Waals surface area contributed by atoms with E-state index in [1.54, 1.807) is 6.07 Å². The van der Waals surface area contributed by atoms with Crippen LogP contribution in [0.5, 0.6) is 5.75 Å². The minimum Gasteiger partial charge on any atom is -0.491 e. The van der Waals surface area contributed by atoms with Crippen LogP contribution in [-0.4, -0.2) is 38.3 Å². The molecule has 0 fully saturated rings. The molecule has 0 spiro atoms. The fourth-order valence-electron chi connectivity index (χ4n) is 5.11. The topological polar surface area (TPSA) is 90.7 Å². The van der Waals surface area contributed by atoms with E-state index in [0.29, 0.717) is 24.7 Å². The summed E-state index contributed by atoms with van der Waals surface area (Å²) in [5.41, 5.74) is 0.388. The summed E-state index contributed by atoms with van der Waals surface area (Å²) < 4.78 is 12.9. The lowest BCUT2D eigenvalue weighted by atomic mass is 10.1. The Hall–Kier alpha value is -3.49. The predicted molar refractivity (Wildman–Crippen MR) is 149 cm³/mol. The summed E-state index contributed by atoms with van der Waals surface area (Å²) in [6.07, 6.45) is 1.47. The molecule has 1 atom stereocenters. The molecule has 1 aliphatic rings. The number of anilines is 1. The van der Waals surface area contributed by atoms with Crippen LogP contribution in [-0.2, 0) is 4.43 Å². The molecule has 0 radical (unpaired) electrons. The number of nitrogens with zero attached hydrogens (tertiary/aromatic N) is 1. The van der Waals surface area contributed by atoms with Gasteiger partial charge in [0.2, 0.25) is 0 Å². The first-order chi connectivity index (χ1) is 17.6. The number of ether oxygens (including phenoxy) is 1. The highest BCUT2D eigenvalue weighted by molar-refractivity contribution is 6.99. The van der Waals surface area contributed by atoms with Crippen LogP contribution in [0.1, 0.15) is 50.9 Å². The van der Waals surface area contributed by atoms with Gasteiger partial charge in [0.15, 0.2) is 11.5 Å². The van der Waals surface area contributed by atoms with E-state index in [0.717, 1.165) is 12.8 Å². The Morgan fingerprint density at radius 1 is 1.08 bits per heavy atom. The molecule has 0 aromatic heterocycles. The molecule has 0 aliphatic carbocycles. The standard InChI is InChI=1S/C29H34N2O5Si/c1-21(32)22-18-26(31(33)34)28-27(19-22)35-17-11-12-23(30-28)20-36-37(29(2,3)4,24-13-7-5-8-14-24)25-15-9-6-10-16-25/h5-10,13-16,18-19,23,30H,11-12,17,20H2,1-4H3. The number of nitrogens with one attached hydrogen (secondary N) is 1. The Bertz CT molecular complexity index is 1220. The Morgan fingerprint density at radius 2 is 1.68 bits per heavy atom. The van der Waals surface area contributed by atoms with Crippen molar-refractivity contribution in [1.29, 1.82) is 0 Å². The average Bonchev–Trinajstić information content (AvgIpc) is 2.85. The van der Waals surface area contributed by atoms with Crippen LogP contribution in [0.4, 0.5) is 11.4 Å². The second kappa shape index (κ2) is 10.9. The highest BCUT2D eigenvalue weighted by atomic mass is 28.4. The summed E-state index contributed by atoms with van der Waals surface area (Å²) in [6.45, 7) is 8.84. The number of carbonyl (C=O) groups excluding carboxylic acids is 1. The molecule has 0 bridgehead atoms. The number of benzene rings is 3. The average molecular weight is 519 g/mol. The number of fused-ring (bicyclic) bond motifs is 1. The zero-order chi connectivity index (χ0) is 26.6. The van der Waals surface area contributed by atoms with E-state index >= 15 is 0 Å². The highest BCUT2D eigenvalue weighted by Gasteiger charge is 2.50. The van der Waals surface area contributed by atoms with Gasteiger partial charge in [-0.25, -0.2) is 0 Å². The number of carbonyl (C=O) groups is 1. The molecule has 1 heterocycles. The second-order valence-electron chi connectivity index (χ2n) is 10.5. The quantitative estimate of drug-likeness (QED) is 0.197. The fourth-order valence-corrected chi connectivity index (χ4v) is 9.71. The zero-order valence-corrected chi connectivity index (χ0v) is 22.8. The second-order valence-corrected chi connectivity index (χ2v) is 14.8. The highest BCUT2D eigenvalue weighted by Crippen LogP contribution is 2.40. The summed E-state index contributed by atoms with van der Waals surface area (Å²) in [6, 6.07) is 23.5. The smallest absolute Gasteiger partial charge is 0.296 e. The van der Waals surface area contributed by atoms with Crippen molar-refractivity contribution in [2.24, 2.45) is 0 Å². The number of hydrogen-bond donors (Lipinski definition) is 1. The minimum absolute atomic E-state index is 0.167. The number of rotatable bonds is 7. The van der Waals surface area contributed by atoms with Crippen molar-refractivity contribution in [3.05, 3.63) is 88.5 Å². The van der Waals surface area contributed by atoms with Crippen LogP contribution < -0.4 is 20.4 Å². The molecule has 1 unspecified atom stereocenters. The maximum absolute atomic E-state index is 12.0. The molecule has 7 nitrogen and oxygen atoms in total. The third-order valence-electron chi connectivity index (χ3n) is 6.91. The van der Waals surface area contributed by atoms with Crippen molar-refractivity contribution in [1.82, 2.24) is 0 Å². The number of nitro benzene ring substituents is 1. The van der Waals surface area contributed by atoms with Crippen LogP contribution in [0.3, 0.4) is 0 Å². The molecule has 3 aromatic carbocycles. The monoisotopic (exact) mass is 518 g/mol. The van der Waals surface area contributed by atoms with E-state index in [2.05, 4.69) is 50.4 Å². The Morgan fingerprint density at radius 3 is 2.19 bits per heavy atom. The normalized spacial score (nSPS) is 15.9. The van der Waals surface area contributed by atoms with Gasteiger partial charge in [-0.3, -0.25) is 14.9 Å². The van der Waals surface area contributed by atoms with Crippen LogP contribution in [0.2, 0.25) is 5.04 Å². The zero-order valence-electron chi connectivity index (χ0n) is 21.8. The third-order valence-corrected chi connectivity index (χ3v) is 11.9. The summed E-state index contributed by atoms with van der Waals surface area (Å²) in [7, 11) is -2.76. The van der Waals surface area contributed by atoms with Crippen molar-refractivity contribution in [3.8, 4) is 5.75 Å². The number of hydrogen-bond acceptors (Lipinski definition) is 6. The Balaban J connectivity index is 1.74. The molecule has 0 saturated heterocycles. The molecule has 3 aromatic rings. The number of Topliss-reactive ketones (excluding diaryl/α,β-unsaturated/α-hetero) is 1. The largest absolute Gasteiger partial charge is 0.491 e. The van der Waals surface area contributed by atoms with Crippen LogP contribution >= 0.6 is 0 Å². The van der Waals surface area contributed by atoms with Crippen LogP contribution in [0.15, 0.2) is 72.8 Å². The molecule has 37 heavy (non-hydrogen) atoms. The van der Waals surface area contributed by atoms with Gasteiger partial charge in [-0.1, -0.05) is 81.4 Å².